The molecule has 100 valence electrons. The van der Waals surface area contributed by atoms with Crippen LogP contribution in [0.1, 0.15) is 23.0 Å². The topological polar surface area (TPSA) is 70.1 Å². The number of carbonyl (C=O) groups is 1. The maximum atomic E-state index is 13.3. The van der Waals surface area contributed by atoms with Crippen molar-refractivity contribution in [2.45, 2.75) is 13.5 Å². The number of nitrogens with two attached hydrogens (primary N) is 1. The first-order valence-corrected chi connectivity index (χ1v) is 5.78. The van der Waals surface area contributed by atoms with Crippen LogP contribution in [0, 0.1) is 5.82 Å². The van der Waals surface area contributed by atoms with E-state index in [1.54, 1.807) is 0 Å². The Morgan fingerprint density at radius 2 is 2.26 bits per heavy atom. The Hall–Kier alpha value is -2.37. The predicted octanol–water partition coefficient (Wildman–Crippen LogP) is 1.86. The van der Waals surface area contributed by atoms with Crippen LogP contribution in [0.2, 0.25) is 0 Å². The Balaban J connectivity index is 2.55. The van der Waals surface area contributed by atoms with E-state index in [1.165, 1.54) is 30.1 Å². The summed E-state index contributed by atoms with van der Waals surface area (Å²) >= 11 is 0. The summed E-state index contributed by atoms with van der Waals surface area (Å²) < 4.78 is 19.8. The molecule has 1 aromatic heterocycles. The molecule has 0 aliphatic rings. The molecule has 1 aromatic carbocycles. The lowest BCUT2D eigenvalue weighted by Gasteiger charge is -2.08. The van der Waals surface area contributed by atoms with Crippen LogP contribution in [0.25, 0.3) is 0 Å². The molecule has 0 spiro atoms. The number of benzene rings is 1. The number of halogens is 1. The molecule has 0 radical (unpaired) electrons. The largest absolute Gasteiger partial charge is 0.493 e. The SMILES string of the molecule is CCn1ncc(OC)c1C(=O)c1cc(F)ccc1N. The molecule has 0 fully saturated rings. The van der Waals surface area contributed by atoms with E-state index < -0.39 is 11.6 Å². The van der Waals surface area contributed by atoms with Gasteiger partial charge < -0.3 is 10.5 Å². The minimum Gasteiger partial charge on any atom is -0.493 e. The average Bonchev–Trinajstić information content (AvgIpc) is 2.83. The van der Waals surface area contributed by atoms with Crippen LogP contribution in [-0.4, -0.2) is 22.7 Å². The second-order valence-corrected chi connectivity index (χ2v) is 3.94. The van der Waals surface area contributed by atoms with Crippen LogP contribution in [-0.2, 0) is 6.54 Å². The van der Waals surface area contributed by atoms with E-state index >= 15 is 0 Å². The van der Waals surface area contributed by atoms with Crippen molar-refractivity contribution in [3.05, 3.63) is 41.5 Å². The Bertz CT molecular complexity index is 601. The number of nitrogens with zero attached hydrogens (tertiary/aromatic N) is 2. The molecule has 5 nitrogen and oxygen atoms in total. The van der Waals surface area contributed by atoms with Crippen molar-refractivity contribution in [1.29, 1.82) is 0 Å². The van der Waals surface area contributed by atoms with Gasteiger partial charge in [-0.1, -0.05) is 0 Å². The molecule has 19 heavy (non-hydrogen) atoms. The lowest BCUT2D eigenvalue weighted by atomic mass is 10.1. The molecular formula is C13H14FN3O2. The highest BCUT2D eigenvalue weighted by Crippen LogP contribution is 2.24. The van der Waals surface area contributed by atoms with Gasteiger partial charge in [-0.2, -0.15) is 5.10 Å². The number of nitrogen functional groups attached to an aromatic ring is 1. The van der Waals surface area contributed by atoms with Gasteiger partial charge in [-0.25, -0.2) is 4.39 Å². The van der Waals surface area contributed by atoms with Gasteiger partial charge in [0.05, 0.1) is 18.9 Å². The Morgan fingerprint density at radius 3 is 2.89 bits per heavy atom. The summed E-state index contributed by atoms with van der Waals surface area (Å²) in [6, 6.07) is 3.69. The van der Waals surface area contributed by atoms with E-state index in [0.717, 1.165) is 6.07 Å². The second-order valence-electron chi connectivity index (χ2n) is 3.94. The highest BCUT2D eigenvalue weighted by molar-refractivity contribution is 6.12. The fourth-order valence-corrected chi connectivity index (χ4v) is 1.84. The zero-order valence-corrected chi connectivity index (χ0v) is 10.7. The van der Waals surface area contributed by atoms with Gasteiger partial charge >= 0.3 is 0 Å². The fraction of sp³-hybridized carbons (Fsp3) is 0.231. The number of ether oxygens (including phenoxy) is 1. The van der Waals surface area contributed by atoms with E-state index in [2.05, 4.69) is 5.10 Å². The lowest BCUT2D eigenvalue weighted by Crippen LogP contribution is -2.13. The van der Waals surface area contributed by atoms with Crippen LogP contribution in [0.3, 0.4) is 0 Å². The van der Waals surface area contributed by atoms with Gasteiger partial charge in [0.25, 0.3) is 0 Å². The van der Waals surface area contributed by atoms with Crippen molar-refractivity contribution in [1.82, 2.24) is 9.78 Å². The zero-order chi connectivity index (χ0) is 14.0. The Labute approximate surface area is 109 Å². The summed E-state index contributed by atoms with van der Waals surface area (Å²) in [5, 5.41) is 4.04. The van der Waals surface area contributed by atoms with Gasteiger partial charge in [0.2, 0.25) is 5.78 Å². The van der Waals surface area contributed by atoms with Gasteiger partial charge in [-0.05, 0) is 25.1 Å². The summed E-state index contributed by atoms with van der Waals surface area (Å²) in [4.78, 5) is 12.5. The molecule has 0 bridgehead atoms. The van der Waals surface area contributed by atoms with E-state index in [4.69, 9.17) is 10.5 Å². The minimum absolute atomic E-state index is 0.105. The number of ketones is 1. The molecule has 0 amide bonds. The van der Waals surface area contributed by atoms with Crippen molar-refractivity contribution < 1.29 is 13.9 Å². The molecule has 2 N–H and O–H groups in total. The second kappa shape index (κ2) is 5.09. The first kappa shape index (κ1) is 13.1. The lowest BCUT2D eigenvalue weighted by molar-refractivity contribution is 0.102. The molecule has 6 heteroatoms. The Morgan fingerprint density at radius 1 is 1.53 bits per heavy atom. The number of aromatic nitrogens is 2. The number of anilines is 1. The summed E-state index contributed by atoms with van der Waals surface area (Å²) in [7, 11) is 1.45. The smallest absolute Gasteiger partial charge is 0.217 e. The number of rotatable bonds is 4. The highest BCUT2D eigenvalue weighted by Gasteiger charge is 2.22. The molecule has 0 unspecified atom stereocenters. The maximum Gasteiger partial charge on any atom is 0.217 e. The molecular weight excluding hydrogens is 249 g/mol. The molecule has 0 atom stereocenters. The number of carbonyl (C=O) groups excluding carboxylic acids is 1. The maximum absolute atomic E-state index is 13.3. The average molecular weight is 263 g/mol. The number of hydrogen-bond donors (Lipinski definition) is 1. The minimum atomic E-state index is -0.515. The summed E-state index contributed by atoms with van der Waals surface area (Å²) in [6.45, 7) is 2.35. The molecule has 0 aliphatic carbocycles. The Kier molecular flexibility index (Phi) is 3.50. The standard InChI is InChI=1S/C13H14FN3O2/c1-3-17-12(11(19-2)7-16-17)13(18)9-6-8(14)4-5-10(9)15/h4-7H,3,15H2,1-2H3. The number of methoxy groups -OCH3 is 1. The summed E-state index contributed by atoms with van der Waals surface area (Å²) in [5.41, 5.74) is 6.31. The third-order valence-electron chi connectivity index (χ3n) is 2.80. The summed E-state index contributed by atoms with van der Waals surface area (Å²) in [5.74, 6) is -0.581. The highest BCUT2D eigenvalue weighted by atomic mass is 19.1. The summed E-state index contributed by atoms with van der Waals surface area (Å²) in [6.07, 6.45) is 1.45. The molecule has 2 aromatic rings. The van der Waals surface area contributed by atoms with E-state index in [-0.39, 0.29) is 16.9 Å². The van der Waals surface area contributed by atoms with Crippen LogP contribution in [0.4, 0.5) is 10.1 Å². The third kappa shape index (κ3) is 2.29. The van der Waals surface area contributed by atoms with Gasteiger partial charge in [0.1, 0.15) is 5.82 Å². The predicted molar refractivity (Wildman–Crippen MR) is 68.7 cm³/mol. The molecule has 1 heterocycles. The molecule has 0 saturated carbocycles. The van der Waals surface area contributed by atoms with Crippen LogP contribution < -0.4 is 10.5 Å². The van der Waals surface area contributed by atoms with Gasteiger partial charge in [-0.15, -0.1) is 0 Å². The van der Waals surface area contributed by atoms with Gasteiger partial charge in [0.15, 0.2) is 11.4 Å². The number of hydrogen-bond acceptors (Lipinski definition) is 4. The zero-order valence-electron chi connectivity index (χ0n) is 10.7. The fourth-order valence-electron chi connectivity index (χ4n) is 1.84. The van der Waals surface area contributed by atoms with Gasteiger partial charge in [0, 0.05) is 12.2 Å². The first-order chi connectivity index (χ1) is 9.08. The van der Waals surface area contributed by atoms with Gasteiger partial charge in [-0.3, -0.25) is 9.48 Å². The van der Waals surface area contributed by atoms with E-state index in [0.29, 0.717) is 12.3 Å². The molecule has 0 aliphatic heterocycles. The van der Waals surface area contributed by atoms with Crippen LogP contribution >= 0.6 is 0 Å². The monoisotopic (exact) mass is 263 g/mol. The van der Waals surface area contributed by atoms with Crippen molar-refractivity contribution in [3.8, 4) is 5.75 Å². The van der Waals surface area contributed by atoms with Crippen molar-refractivity contribution in [3.63, 3.8) is 0 Å². The van der Waals surface area contributed by atoms with Crippen molar-refractivity contribution in [2.24, 2.45) is 0 Å². The van der Waals surface area contributed by atoms with E-state index in [1.807, 2.05) is 6.92 Å². The quantitative estimate of drug-likeness (QED) is 0.675. The number of aryl methyl sites for hydroxylation is 1. The van der Waals surface area contributed by atoms with Crippen LogP contribution in [0.5, 0.6) is 5.75 Å². The van der Waals surface area contributed by atoms with Crippen molar-refractivity contribution >= 4 is 11.5 Å². The van der Waals surface area contributed by atoms with Crippen molar-refractivity contribution in [2.75, 3.05) is 12.8 Å². The molecule has 0 saturated heterocycles. The van der Waals surface area contributed by atoms with Crippen LogP contribution in [0.15, 0.2) is 24.4 Å². The molecule has 2 rings (SSSR count). The third-order valence-corrected chi connectivity index (χ3v) is 2.80. The first-order valence-electron chi connectivity index (χ1n) is 5.78. The normalized spacial score (nSPS) is 10.5. The van der Waals surface area contributed by atoms with E-state index in [9.17, 15) is 9.18 Å².